The van der Waals surface area contributed by atoms with E-state index in [2.05, 4.69) is 4.98 Å². The molecular formula is C7H9NO. The highest BCUT2D eigenvalue weighted by Crippen LogP contribution is 1.87. The summed E-state index contributed by atoms with van der Waals surface area (Å²) < 4.78 is 42.1. The normalized spacial score (nSPS) is 22.2. The van der Waals surface area contributed by atoms with E-state index < -0.39 is 24.7 Å². The lowest BCUT2D eigenvalue weighted by Gasteiger charge is -1.91. The van der Waals surface area contributed by atoms with Gasteiger partial charge in [-0.25, -0.2) is 0 Å². The molecule has 0 saturated heterocycles. The predicted molar refractivity (Wildman–Crippen MR) is 36.5 cm³/mol. The van der Waals surface area contributed by atoms with Crippen LogP contribution in [0.4, 0.5) is 0 Å². The smallest absolute Gasteiger partial charge is 0.184 e. The van der Waals surface area contributed by atoms with E-state index in [0.29, 0.717) is 0 Å². The molecule has 2 nitrogen and oxygen atoms in total. The van der Waals surface area contributed by atoms with Crippen molar-refractivity contribution in [3.63, 3.8) is 0 Å². The lowest BCUT2D eigenvalue weighted by Crippen LogP contribution is -2.04. The largest absolute Gasteiger partial charge is 0.365 e. The molecule has 0 bridgehead atoms. The third kappa shape index (κ3) is 1.19. The fraction of sp³-hybridized carbons (Fsp3) is 0.286. The molecule has 0 fully saturated rings. The number of nitrogens with one attached hydrogen (secondary N) is 1. The molecule has 1 rings (SSSR count). The fourth-order valence-electron chi connectivity index (χ4n) is 0.472. The lowest BCUT2D eigenvalue weighted by molar-refractivity contribution is 1.15. The molecule has 1 N–H and O–H groups in total. The van der Waals surface area contributed by atoms with Gasteiger partial charge in [0.15, 0.2) is 5.43 Å². The zero-order valence-corrected chi connectivity index (χ0v) is 4.56. The van der Waals surface area contributed by atoms with Crippen LogP contribution in [-0.4, -0.2) is 4.98 Å². The summed E-state index contributed by atoms with van der Waals surface area (Å²) in [4.78, 5) is 13.6. The van der Waals surface area contributed by atoms with E-state index in [1.807, 2.05) is 0 Å². The van der Waals surface area contributed by atoms with Crippen LogP contribution in [0.15, 0.2) is 17.1 Å². The van der Waals surface area contributed by atoms with Crippen molar-refractivity contribution < 1.29 is 8.22 Å². The number of hydrogen-bond acceptors (Lipinski definition) is 1. The molecule has 0 aliphatic heterocycles. The molecule has 9 heavy (non-hydrogen) atoms. The van der Waals surface area contributed by atoms with Gasteiger partial charge < -0.3 is 4.98 Å². The third-order valence-electron chi connectivity index (χ3n) is 0.913. The zero-order valence-electron chi connectivity index (χ0n) is 10.6. The van der Waals surface area contributed by atoms with Crippen molar-refractivity contribution >= 4 is 0 Å². The minimum absolute atomic E-state index is 0.263. The van der Waals surface area contributed by atoms with Gasteiger partial charge in [-0.3, -0.25) is 4.79 Å². The van der Waals surface area contributed by atoms with Gasteiger partial charge in [0.2, 0.25) is 0 Å². The Bertz CT molecular complexity index is 415. The highest BCUT2D eigenvalue weighted by atomic mass is 16.1. The summed E-state index contributed by atoms with van der Waals surface area (Å²) in [5.41, 5.74) is -1.46. The monoisotopic (exact) mass is 129 g/mol. The second-order valence-electron chi connectivity index (χ2n) is 1.62. The van der Waals surface area contributed by atoms with Crippen LogP contribution in [0.3, 0.4) is 0 Å². The van der Waals surface area contributed by atoms with Crippen molar-refractivity contribution in [2.45, 2.75) is 13.7 Å². The second kappa shape index (κ2) is 2.05. The molecule has 1 aromatic heterocycles. The Labute approximate surface area is 62.0 Å². The van der Waals surface area contributed by atoms with Crippen LogP contribution >= 0.6 is 0 Å². The average Bonchev–Trinajstić information content (AvgIpc) is 1.99. The molecule has 0 unspecified atom stereocenters. The Balaban J connectivity index is 3.28. The maximum absolute atomic E-state index is 11.3. The Morgan fingerprint density at radius 2 is 2.56 bits per heavy atom. The second-order valence-corrected chi connectivity index (χ2v) is 1.62. The van der Waals surface area contributed by atoms with E-state index in [1.54, 1.807) is 0 Å². The molecule has 0 spiro atoms. The van der Waals surface area contributed by atoms with Crippen LogP contribution < -0.4 is 5.43 Å². The van der Waals surface area contributed by atoms with Gasteiger partial charge >= 0.3 is 0 Å². The molecule has 0 saturated carbocycles. The Morgan fingerprint density at radius 3 is 3.11 bits per heavy atom. The van der Waals surface area contributed by atoms with Gasteiger partial charge in [-0.1, -0.05) is 0 Å². The van der Waals surface area contributed by atoms with E-state index >= 15 is 0 Å². The lowest BCUT2D eigenvalue weighted by atomic mass is 10.3. The Kier molecular flexibility index (Phi) is 0.450. The number of aromatic nitrogens is 1. The minimum atomic E-state index is -2.53. The summed E-state index contributed by atoms with van der Waals surface area (Å²) >= 11 is 0. The van der Waals surface area contributed by atoms with Crippen molar-refractivity contribution in [3.8, 4) is 0 Å². The Morgan fingerprint density at radius 1 is 1.67 bits per heavy atom. The first-order chi connectivity index (χ1) is 6.62. The minimum Gasteiger partial charge on any atom is -0.365 e. The zero-order chi connectivity index (χ0) is 11.9. The van der Waals surface area contributed by atoms with Crippen molar-refractivity contribution in [3.05, 3.63) is 33.7 Å². The Hall–Kier alpha value is -1.05. The first-order valence-corrected chi connectivity index (χ1v) is 2.36. The molecule has 0 aromatic carbocycles. The highest BCUT2D eigenvalue weighted by Gasteiger charge is 1.89. The summed E-state index contributed by atoms with van der Waals surface area (Å²) in [5.74, 6) is 0. The molecule has 0 atom stereocenters. The van der Waals surface area contributed by atoms with Crippen molar-refractivity contribution in [1.29, 1.82) is 0 Å². The van der Waals surface area contributed by atoms with Crippen molar-refractivity contribution in [2.24, 2.45) is 0 Å². The summed E-state index contributed by atoms with van der Waals surface area (Å²) in [6.07, 6.45) is 0.928. The first-order valence-electron chi connectivity index (χ1n) is 5.36. The number of pyridine rings is 1. The number of aryl methyl sites for hydroxylation is 2. The molecule has 1 heterocycles. The van der Waals surface area contributed by atoms with Crippen LogP contribution in [0.1, 0.15) is 19.5 Å². The van der Waals surface area contributed by atoms with Gasteiger partial charge in [0.1, 0.15) is 0 Å². The molecule has 0 radical (unpaired) electrons. The third-order valence-corrected chi connectivity index (χ3v) is 0.913. The van der Waals surface area contributed by atoms with Crippen LogP contribution in [-0.2, 0) is 0 Å². The topological polar surface area (TPSA) is 32.9 Å². The number of aromatic amines is 1. The number of hydrogen-bond donors (Lipinski definition) is 1. The average molecular weight is 129 g/mol. The van der Waals surface area contributed by atoms with Crippen LogP contribution in [0, 0.1) is 13.7 Å². The highest BCUT2D eigenvalue weighted by molar-refractivity contribution is 5.11. The van der Waals surface area contributed by atoms with Crippen LogP contribution in [0.2, 0.25) is 0 Å². The van der Waals surface area contributed by atoms with Gasteiger partial charge in [-0.15, -0.1) is 0 Å². The van der Waals surface area contributed by atoms with Crippen LogP contribution in [0.5, 0.6) is 0 Å². The summed E-state index contributed by atoms with van der Waals surface area (Å²) in [7, 11) is 0. The molecule has 1 aromatic rings. The summed E-state index contributed by atoms with van der Waals surface area (Å²) in [6.45, 7) is -4.96. The standard InChI is InChI=1S/C7H9NO/c1-5-4-8-6(2)3-7(5)9/h3-4H,1-2H3,(H,8,9)/i1D3,2D3. The van der Waals surface area contributed by atoms with E-state index in [0.717, 1.165) is 12.3 Å². The van der Waals surface area contributed by atoms with Crippen molar-refractivity contribution in [1.82, 2.24) is 4.98 Å². The fourth-order valence-corrected chi connectivity index (χ4v) is 0.472. The molecule has 0 aliphatic carbocycles. The maximum Gasteiger partial charge on any atom is 0.184 e. The van der Waals surface area contributed by atoms with E-state index in [4.69, 9.17) is 8.22 Å². The molecule has 0 aliphatic rings. The van der Waals surface area contributed by atoms with E-state index in [9.17, 15) is 4.79 Å². The molecule has 0 amide bonds. The van der Waals surface area contributed by atoms with Crippen molar-refractivity contribution in [2.75, 3.05) is 0 Å². The van der Waals surface area contributed by atoms with Crippen LogP contribution in [0.25, 0.3) is 0 Å². The maximum atomic E-state index is 11.3. The predicted octanol–water partition coefficient (Wildman–Crippen LogP) is 0.992. The number of rotatable bonds is 0. The quantitative estimate of drug-likeness (QED) is 0.556. The summed E-state index contributed by atoms with van der Waals surface area (Å²) in [6, 6.07) is 0.800. The van der Waals surface area contributed by atoms with E-state index in [-0.39, 0.29) is 5.69 Å². The first kappa shape index (κ1) is 1.97. The van der Waals surface area contributed by atoms with E-state index in [1.165, 1.54) is 0 Å². The SMILES string of the molecule is [2H]C([2H])([2H])c1cc(=O)c(C([2H])([2H])[2H])c[nH]1. The molecule has 48 valence electrons. The van der Waals surface area contributed by atoms with Gasteiger partial charge in [-0.05, 0) is 13.7 Å². The molecular weight excluding hydrogens is 114 g/mol. The molecule has 2 heteroatoms. The van der Waals surface area contributed by atoms with Gasteiger partial charge in [0, 0.05) is 31.7 Å². The van der Waals surface area contributed by atoms with Gasteiger partial charge in [0.05, 0.1) is 0 Å². The van der Waals surface area contributed by atoms with Gasteiger partial charge in [0.25, 0.3) is 0 Å². The number of H-pyrrole nitrogens is 1. The summed E-state index contributed by atoms with van der Waals surface area (Å²) in [5, 5.41) is 0. The van der Waals surface area contributed by atoms with Gasteiger partial charge in [-0.2, -0.15) is 0 Å².